The normalized spacial score (nSPS) is 24.0. The smallest absolute Gasteiger partial charge is 0.337 e. The minimum absolute atomic E-state index is 0.309. The number of hydrogen-bond donors (Lipinski definition) is 1. The van der Waals surface area contributed by atoms with E-state index in [0.717, 1.165) is 12.3 Å². The van der Waals surface area contributed by atoms with Crippen LogP contribution in [0.5, 0.6) is 0 Å². The standard InChI is InChI=1S/C19H23NO5/c1-24-19(23)14-3-2-4-16(9-14)20-17(21)11-25-18(22)10-15-8-12-5-6-13(15)7-12/h2-4,9,12-13,15H,5-8,10-11H2,1H3,(H,20,21). The van der Waals surface area contributed by atoms with Gasteiger partial charge in [-0.3, -0.25) is 9.59 Å². The lowest BCUT2D eigenvalue weighted by atomic mass is 9.86. The first-order valence-corrected chi connectivity index (χ1v) is 8.69. The second-order valence-electron chi connectivity index (χ2n) is 6.92. The molecule has 1 amide bonds. The Morgan fingerprint density at radius 1 is 1.20 bits per heavy atom. The van der Waals surface area contributed by atoms with Gasteiger partial charge in [-0.15, -0.1) is 0 Å². The molecular formula is C19H23NO5. The first kappa shape index (κ1) is 17.5. The molecule has 0 aromatic heterocycles. The van der Waals surface area contributed by atoms with Crippen molar-refractivity contribution >= 4 is 23.5 Å². The van der Waals surface area contributed by atoms with Gasteiger partial charge >= 0.3 is 11.9 Å². The molecule has 6 heteroatoms. The van der Waals surface area contributed by atoms with Crippen molar-refractivity contribution in [3.8, 4) is 0 Å². The highest BCUT2D eigenvalue weighted by Crippen LogP contribution is 2.49. The van der Waals surface area contributed by atoms with Gasteiger partial charge in [-0.2, -0.15) is 0 Å². The number of rotatable bonds is 6. The van der Waals surface area contributed by atoms with E-state index in [1.54, 1.807) is 18.2 Å². The van der Waals surface area contributed by atoms with Crippen molar-refractivity contribution in [1.82, 2.24) is 0 Å². The first-order valence-electron chi connectivity index (χ1n) is 8.69. The van der Waals surface area contributed by atoms with E-state index < -0.39 is 11.9 Å². The lowest BCUT2D eigenvalue weighted by Crippen LogP contribution is -2.23. The zero-order valence-electron chi connectivity index (χ0n) is 14.3. The van der Waals surface area contributed by atoms with Gasteiger partial charge in [0.25, 0.3) is 5.91 Å². The summed E-state index contributed by atoms with van der Waals surface area (Å²) in [6.45, 7) is -0.317. The second-order valence-corrected chi connectivity index (χ2v) is 6.92. The van der Waals surface area contributed by atoms with E-state index in [9.17, 15) is 14.4 Å². The Balaban J connectivity index is 1.43. The summed E-state index contributed by atoms with van der Waals surface area (Å²) in [6.07, 6.45) is 5.29. The number of anilines is 1. The zero-order valence-corrected chi connectivity index (χ0v) is 14.3. The van der Waals surface area contributed by atoms with Crippen molar-refractivity contribution in [1.29, 1.82) is 0 Å². The summed E-state index contributed by atoms with van der Waals surface area (Å²) in [4.78, 5) is 35.4. The van der Waals surface area contributed by atoms with E-state index in [-0.39, 0.29) is 12.6 Å². The van der Waals surface area contributed by atoms with Crippen LogP contribution >= 0.6 is 0 Å². The fourth-order valence-electron chi connectivity index (χ4n) is 4.08. The van der Waals surface area contributed by atoms with Crippen LogP contribution < -0.4 is 5.32 Å². The monoisotopic (exact) mass is 345 g/mol. The van der Waals surface area contributed by atoms with Gasteiger partial charge in [-0.1, -0.05) is 12.5 Å². The molecule has 3 atom stereocenters. The van der Waals surface area contributed by atoms with E-state index in [4.69, 9.17) is 4.74 Å². The summed E-state index contributed by atoms with van der Waals surface area (Å²) >= 11 is 0. The molecule has 0 spiro atoms. The molecule has 1 N–H and O–H groups in total. The van der Waals surface area contributed by atoms with E-state index in [1.165, 1.54) is 32.4 Å². The summed E-state index contributed by atoms with van der Waals surface area (Å²) in [5.74, 6) is 0.652. The molecule has 134 valence electrons. The maximum Gasteiger partial charge on any atom is 0.337 e. The number of ether oxygens (including phenoxy) is 2. The van der Waals surface area contributed by atoms with Crippen LogP contribution in [0.15, 0.2) is 24.3 Å². The Bertz CT molecular complexity index is 672. The predicted octanol–water partition coefficient (Wildman–Crippen LogP) is 2.78. The van der Waals surface area contributed by atoms with Gasteiger partial charge in [0, 0.05) is 12.1 Å². The molecule has 0 heterocycles. The Morgan fingerprint density at radius 2 is 2.04 bits per heavy atom. The van der Waals surface area contributed by atoms with Gasteiger partial charge in [-0.25, -0.2) is 4.79 Å². The van der Waals surface area contributed by atoms with E-state index in [2.05, 4.69) is 10.1 Å². The topological polar surface area (TPSA) is 81.7 Å². The van der Waals surface area contributed by atoms with E-state index in [1.807, 2.05) is 0 Å². The molecule has 2 aliphatic carbocycles. The second kappa shape index (κ2) is 7.68. The average Bonchev–Trinajstić information content (AvgIpc) is 3.22. The molecule has 3 unspecified atom stereocenters. The van der Waals surface area contributed by atoms with Crippen LogP contribution in [-0.4, -0.2) is 31.6 Å². The number of carbonyl (C=O) groups excluding carboxylic acids is 3. The molecule has 2 bridgehead atoms. The number of amides is 1. The highest BCUT2D eigenvalue weighted by atomic mass is 16.5. The molecule has 2 fully saturated rings. The van der Waals surface area contributed by atoms with Crippen LogP contribution in [0.25, 0.3) is 0 Å². The van der Waals surface area contributed by atoms with Crippen LogP contribution in [-0.2, 0) is 19.1 Å². The molecule has 1 aromatic carbocycles. The number of hydrogen-bond acceptors (Lipinski definition) is 5. The highest BCUT2D eigenvalue weighted by molar-refractivity contribution is 5.95. The number of carbonyl (C=O) groups is 3. The van der Waals surface area contributed by atoms with Crippen molar-refractivity contribution in [2.45, 2.75) is 32.1 Å². The van der Waals surface area contributed by atoms with E-state index >= 15 is 0 Å². The Kier molecular flexibility index (Phi) is 5.36. The first-order chi connectivity index (χ1) is 12.0. The van der Waals surface area contributed by atoms with Crippen LogP contribution in [0, 0.1) is 17.8 Å². The molecular weight excluding hydrogens is 322 g/mol. The number of esters is 2. The number of fused-ring (bicyclic) bond motifs is 2. The van der Waals surface area contributed by atoms with Gasteiger partial charge in [0.2, 0.25) is 0 Å². The van der Waals surface area contributed by atoms with Crippen molar-refractivity contribution < 1.29 is 23.9 Å². The maximum absolute atomic E-state index is 12.0. The average molecular weight is 345 g/mol. The van der Waals surface area contributed by atoms with Crippen molar-refractivity contribution in [2.75, 3.05) is 19.0 Å². The van der Waals surface area contributed by atoms with Crippen LogP contribution in [0.2, 0.25) is 0 Å². The van der Waals surface area contributed by atoms with Gasteiger partial charge in [0.15, 0.2) is 6.61 Å². The van der Waals surface area contributed by atoms with Crippen LogP contribution in [0.3, 0.4) is 0 Å². The highest BCUT2D eigenvalue weighted by Gasteiger charge is 2.40. The SMILES string of the molecule is COC(=O)c1cccc(NC(=O)COC(=O)CC2CC3CCC2C3)c1. The molecule has 0 saturated heterocycles. The summed E-state index contributed by atoms with van der Waals surface area (Å²) in [5, 5.41) is 2.61. The minimum Gasteiger partial charge on any atom is -0.465 e. The maximum atomic E-state index is 12.0. The lowest BCUT2D eigenvalue weighted by molar-refractivity contribution is -0.148. The Morgan fingerprint density at radius 3 is 2.72 bits per heavy atom. The van der Waals surface area contributed by atoms with Crippen molar-refractivity contribution in [3.05, 3.63) is 29.8 Å². The zero-order chi connectivity index (χ0) is 17.8. The number of nitrogens with one attached hydrogen (secondary N) is 1. The van der Waals surface area contributed by atoms with Crippen LogP contribution in [0.1, 0.15) is 42.5 Å². The summed E-state index contributed by atoms with van der Waals surface area (Å²) in [7, 11) is 1.29. The molecule has 6 nitrogen and oxygen atoms in total. The number of methoxy groups -OCH3 is 1. The fourth-order valence-corrected chi connectivity index (χ4v) is 4.08. The molecule has 2 aliphatic rings. The molecule has 0 radical (unpaired) electrons. The summed E-state index contributed by atoms with van der Waals surface area (Å²) in [6, 6.07) is 6.40. The Hall–Kier alpha value is -2.37. The van der Waals surface area contributed by atoms with Crippen molar-refractivity contribution in [3.63, 3.8) is 0 Å². The third-order valence-corrected chi connectivity index (χ3v) is 5.25. The third-order valence-electron chi connectivity index (χ3n) is 5.25. The summed E-state index contributed by atoms with van der Waals surface area (Å²) in [5.41, 5.74) is 0.797. The largest absolute Gasteiger partial charge is 0.465 e. The molecule has 3 rings (SSSR count). The minimum atomic E-state index is -0.478. The van der Waals surface area contributed by atoms with Gasteiger partial charge in [0.05, 0.1) is 12.7 Å². The lowest BCUT2D eigenvalue weighted by Gasteiger charge is -2.20. The third kappa shape index (κ3) is 4.38. The Labute approximate surface area is 146 Å². The van der Waals surface area contributed by atoms with E-state index in [0.29, 0.717) is 29.5 Å². The summed E-state index contributed by atoms with van der Waals surface area (Å²) < 4.78 is 9.74. The van der Waals surface area contributed by atoms with Gasteiger partial charge in [-0.05, 0) is 55.2 Å². The molecule has 0 aliphatic heterocycles. The number of benzene rings is 1. The van der Waals surface area contributed by atoms with Gasteiger partial charge in [0.1, 0.15) is 0 Å². The molecule has 1 aromatic rings. The predicted molar refractivity (Wildman–Crippen MR) is 90.9 cm³/mol. The molecule has 2 saturated carbocycles. The van der Waals surface area contributed by atoms with Crippen molar-refractivity contribution in [2.24, 2.45) is 17.8 Å². The van der Waals surface area contributed by atoms with Gasteiger partial charge < -0.3 is 14.8 Å². The fraction of sp³-hybridized carbons (Fsp3) is 0.526. The quantitative estimate of drug-likeness (QED) is 0.802. The van der Waals surface area contributed by atoms with Crippen LogP contribution in [0.4, 0.5) is 5.69 Å². The molecule has 25 heavy (non-hydrogen) atoms.